The Balaban J connectivity index is 1.50. The fourth-order valence-corrected chi connectivity index (χ4v) is 7.26. The Labute approximate surface area is 181 Å². The summed E-state index contributed by atoms with van der Waals surface area (Å²) >= 11 is 0. The predicted octanol–water partition coefficient (Wildman–Crippen LogP) is 0.575. The van der Waals surface area contributed by atoms with Crippen molar-refractivity contribution in [1.29, 1.82) is 0 Å². The summed E-state index contributed by atoms with van der Waals surface area (Å²) in [5.41, 5.74) is 0.413. The minimum Gasteiger partial charge on any atom is -0.321 e. The molecular formula is C19H24N4O6S2. The smallest absolute Gasteiger partial charge is 0.271 e. The lowest BCUT2D eigenvalue weighted by atomic mass is 10.1. The minimum atomic E-state index is -3.62. The van der Waals surface area contributed by atoms with E-state index in [1.807, 2.05) is 0 Å². The van der Waals surface area contributed by atoms with Crippen molar-refractivity contribution in [2.24, 2.45) is 5.10 Å². The number of hydrogen-bond donors (Lipinski definition) is 1. The third kappa shape index (κ3) is 4.65. The molecule has 2 saturated heterocycles. The summed E-state index contributed by atoms with van der Waals surface area (Å²) in [6.07, 6.45) is 2.14. The zero-order chi connectivity index (χ0) is 22.2. The van der Waals surface area contributed by atoms with Crippen LogP contribution in [0, 0.1) is 0 Å². The summed E-state index contributed by atoms with van der Waals surface area (Å²) < 4.78 is 50.4. The van der Waals surface area contributed by atoms with E-state index >= 15 is 0 Å². The maximum atomic E-state index is 12.7. The van der Waals surface area contributed by atoms with Gasteiger partial charge in [0, 0.05) is 31.6 Å². The van der Waals surface area contributed by atoms with Crippen LogP contribution in [0.4, 0.5) is 5.69 Å². The number of carbonyl (C=O) groups excluding carboxylic acids is 2. The van der Waals surface area contributed by atoms with Crippen molar-refractivity contribution in [2.75, 3.05) is 29.9 Å². The average Bonchev–Trinajstić information content (AvgIpc) is 3.38. The number of amides is 2. The van der Waals surface area contributed by atoms with Gasteiger partial charge in [0.15, 0.2) is 9.84 Å². The summed E-state index contributed by atoms with van der Waals surface area (Å²) in [6, 6.07) is 5.47. The second kappa shape index (κ2) is 8.32. The van der Waals surface area contributed by atoms with E-state index in [1.165, 1.54) is 16.4 Å². The molecule has 0 aromatic heterocycles. The maximum Gasteiger partial charge on any atom is 0.271 e. The first-order valence-corrected chi connectivity index (χ1v) is 13.4. The van der Waals surface area contributed by atoms with Gasteiger partial charge >= 0.3 is 0 Å². The molecule has 10 nitrogen and oxygen atoms in total. The second-order valence-electron chi connectivity index (χ2n) is 7.94. The molecule has 2 amide bonds. The van der Waals surface area contributed by atoms with Crippen molar-refractivity contribution in [2.45, 2.75) is 43.0 Å². The molecule has 31 heavy (non-hydrogen) atoms. The summed E-state index contributed by atoms with van der Waals surface area (Å²) in [7, 11) is -6.82. The van der Waals surface area contributed by atoms with Crippen LogP contribution in [0.5, 0.6) is 0 Å². The highest BCUT2D eigenvalue weighted by molar-refractivity contribution is 7.91. The van der Waals surface area contributed by atoms with Gasteiger partial charge < -0.3 is 5.32 Å². The number of rotatable bonds is 5. The molecule has 1 aromatic rings. The van der Waals surface area contributed by atoms with E-state index in [0.29, 0.717) is 25.2 Å². The molecule has 0 bridgehead atoms. The third-order valence-corrected chi connectivity index (χ3v) is 9.32. The Hall–Kier alpha value is -2.31. The fraction of sp³-hybridized carbons (Fsp3) is 0.526. The Morgan fingerprint density at radius 1 is 1.16 bits per heavy atom. The minimum absolute atomic E-state index is 0.00319. The molecule has 0 spiro atoms. The molecule has 4 rings (SSSR count). The number of benzene rings is 1. The van der Waals surface area contributed by atoms with Crippen LogP contribution in [-0.4, -0.2) is 74.3 Å². The highest BCUT2D eigenvalue weighted by Crippen LogP contribution is 2.25. The number of sulfone groups is 1. The van der Waals surface area contributed by atoms with E-state index in [9.17, 15) is 26.4 Å². The van der Waals surface area contributed by atoms with E-state index < -0.39 is 31.8 Å². The number of hydrazone groups is 1. The molecule has 1 unspecified atom stereocenters. The average molecular weight is 469 g/mol. The lowest BCUT2D eigenvalue weighted by Crippen LogP contribution is -2.42. The third-order valence-electron chi connectivity index (χ3n) is 5.67. The molecule has 0 aliphatic carbocycles. The standard InChI is InChI=1S/C19H24N4O6S2/c24-18-7-6-17(21-23(18)15-8-11-30(26,27)13-15)19(25)20-14-4-3-5-16(12-14)31(28,29)22-9-1-2-10-22/h3-5,12,15H,1-2,6-11,13H2,(H,20,25). The van der Waals surface area contributed by atoms with Gasteiger partial charge in [-0.15, -0.1) is 0 Å². The van der Waals surface area contributed by atoms with Gasteiger partial charge in [-0.2, -0.15) is 9.41 Å². The maximum absolute atomic E-state index is 12.7. The highest BCUT2D eigenvalue weighted by Gasteiger charge is 2.37. The van der Waals surface area contributed by atoms with Crippen LogP contribution < -0.4 is 5.32 Å². The number of sulfonamides is 1. The van der Waals surface area contributed by atoms with Crippen LogP contribution in [0.25, 0.3) is 0 Å². The monoisotopic (exact) mass is 468 g/mol. The lowest BCUT2D eigenvalue weighted by molar-refractivity contribution is -0.133. The van der Waals surface area contributed by atoms with Gasteiger partial charge in [-0.25, -0.2) is 21.8 Å². The number of carbonyl (C=O) groups is 2. The SMILES string of the molecule is O=C(Nc1cccc(S(=O)(=O)N2CCCC2)c1)C1=NN(C2CCS(=O)(=O)C2)C(=O)CC1. The summed E-state index contributed by atoms with van der Waals surface area (Å²) in [5, 5.41) is 7.91. The van der Waals surface area contributed by atoms with Crippen molar-refractivity contribution in [1.82, 2.24) is 9.31 Å². The molecule has 1 atom stereocenters. The molecule has 0 radical (unpaired) electrons. The van der Waals surface area contributed by atoms with Crippen LogP contribution in [0.3, 0.4) is 0 Å². The Morgan fingerprint density at radius 3 is 2.58 bits per heavy atom. The molecule has 2 fully saturated rings. The number of nitrogens with zero attached hydrogens (tertiary/aromatic N) is 3. The normalized spacial score (nSPS) is 24.3. The van der Waals surface area contributed by atoms with Crippen molar-refractivity contribution >= 4 is 43.1 Å². The van der Waals surface area contributed by atoms with Gasteiger partial charge in [-0.05, 0) is 37.5 Å². The molecule has 168 valence electrons. The number of nitrogens with one attached hydrogen (secondary N) is 1. The van der Waals surface area contributed by atoms with Crippen LogP contribution >= 0.6 is 0 Å². The van der Waals surface area contributed by atoms with Crippen LogP contribution in [0.2, 0.25) is 0 Å². The number of anilines is 1. The molecule has 3 aliphatic rings. The van der Waals surface area contributed by atoms with Gasteiger partial charge in [-0.1, -0.05) is 6.07 Å². The Bertz CT molecular complexity index is 1140. The van der Waals surface area contributed by atoms with Crippen molar-refractivity contribution in [3.63, 3.8) is 0 Å². The second-order valence-corrected chi connectivity index (χ2v) is 12.1. The molecule has 3 aliphatic heterocycles. The zero-order valence-electron chi connectivity index (χ0n) is 16.9. The van der Waals surface area contributed by atoms with Crippen LogP contribution in [-0.2, 0) is 29.4 Å². The van der Waals surface area contributed by atoms with Crippen molar-refractivity contribution in [3.05, 3.63) is 24.3 Å². The van der Waals surface area contributed by atoms with Crippen molar-refractivity contribution < 1.29 is 26.4 Å². The van der Waals surface area contributed by atoms with Crippen LogP contribution in [0.1, 0.15) is 32.1 Å². The van der Waals surface area contributed by atoms with Gasteiger partial charge in [0.05, 0.1) is 22.4 Å². The van der Waals surface area contributed by atoms with Gasteiger partial charge in [-0.3, -0.25) is 9.59 Å². The Morgan fingerprint density at radius 2 is 1.90 bits per heavy atom. The largest absolute Gasteiger partial charge is 0.321 e. The lowest BCUT2D eigenvalue weighted by Gasteiger charge is -2.27. The quantitative estimate of drug-likeness (QED) is 0.672. The molecule has 3 heterocycles. The first-order valence-electron chi connectivity index (χ1n) is 10.2. The molecule has 12 heteroatoms. The summed E-state index contributed by atoms with van der Waals surface area (Å²) in [4.78, 5) is 25.0. The molecule has 1 aromatic carbocycles. The van der Waals surface area contributed by atoms with E-state index in [0.717, 1.165) is 17.9 Å². The summed E-state index contributed by atoms with van der Waals surface area (Å²) in [5.74, 6) is -1.02. The molecule has 0 saturated carbocycles. The predicted molar refractivity (Wildman–Crippen MR) is 114 cm³/mol. The first kappa shape index (κ1) is 21.9. The molecular weight excluding hydrogens is 444 g/mol. The van der Waals surface area contributed by atoms with E-state index in [-0.39, 0.29) is 40.9 Å². The number of hydrogen-bond acceptors (Lipinski definition) is 7. The van der Waals surface area contributed by atoms with Crippen LogP contribution in [0.15, 0.2) is 34.3 Å². The van der Waals surface area contributed by atoms with E-state index in [4.69, 9.17) is 0 Å². The zero-order valence-corrected chi connectivity index (χ0v) is 18.5. The highest BCUT2D eigenvalue weighted by atomic mass is 32.2. The Kier molecular flexibility index (Phi) is 5.88. The van der Waals surface area contributed by atoms with Gasteiger partial charge in [0.25, 0.3) is 5.91 Å². The molecule has 1 N–H and O–H groups in total. The van der Waals surface area contributed by atoms with E-state index in [2.05, 4.69) is 10.4 Å². The van der Waals surface area contributed by atoms with Gasteiger partial charge in [0.1, 0.15) is 5.71 Å². The first-order chi connectivity index (χ1) is 14.7. The van der Waals surface area contributed by atoms with Crippen molar-refractivity contribution in [3.8, 4) is 0 Å². The van der Waals surface area contributed by atoms with Gasteiger partial charge in [0.2, 0.25) is 15.9 Å². The fourth-order valence-electron chi connectivity index (χ4n) is 4.00. The summed E-state index contributed by atoms with van der Waals surface area (Å²) in [6.45, 7) is 0.965. The van der Waals surface area contributed by atoms with E-state index in [1.54, 1.807) is 12.1 Å². The topological polar surface area (TPSA) is 133 Å².